The van der Waals surface area contributed by atoms with Crippen LogP contribution in [0.3, 0.4) is 0 Å². The lowest BCUT2D eigenvalue weighted by Crippen LogP contribution is -2.20. The number of aromatic nitrogens is 2. The van der Waals surface area contributed by atoms with Crippen LogP contribution in [0.5, 0.6) is 5.75 Å². The van der Waals surface area contributed by atoms with E-state index >= 15 is 0 Å². The molecule has 0 saturated carbocycles. The number of halogens is 1. The topological polar surface area (TPSA) is 44.1 Å². The monoisotopic (exact) mass is 336 g/mol. The van der Waals surface area contributed by atoms with E-state index in [9.17, 15) is 9.18 Å². The van der Waals surface area contributed by atoms with E-state index < -0.39 is 0 Å². The van der Waals surface area contributed by atoms with Gasteiger partial charge in [0.25, 0.3) is 0 Å². The van der Waals surface area contributed by atoms with Gasteiger partial charge >= 0.3 is 0 Å². The largest absolute Gasteiger partial charge is 0.496 e. The number of ketones is 1. The molecule has 0 aliphatic heterocycles. The van der Waals surface area contributed by atoms with Crippen molar-refractivity contribution in [3.8, 4) is 11.4 Å². The Hall–Kier alpha value is -2.95. The maximum Gasteiger partial charge on any atom is 0.166 e. The number of nitrogens with zero attached hydrogens (tertiary/aromatic N) is 2. The molecule has 126 valence electrons. The van der Waals surface area contributed by atoms with Crippen LogP contribution in [0.4, 0.5) is 4.39 Å². The molecule has 1 aromatic heterocycles. The highest BCUT2D eigenvalue weighted by molar-refractivity contribution is 5.98. The molecule has 4 nitrogen and oxygen atoms in total. The second-order valence-electron chi connectivity index (χ2n) is 6.16. The molecule has 2 aromatic carbocycles. The fourth-order valence-electron chi connectivity index (χ4n) is 3.47. The standard InChI is InChI=1S/C20H17FN2O2/c1-25-20-5-3-2-4-16(20)13-10-18-17(19(24)11-13)12-22-23(18)15-8-6-14(21)7-9-15/h2-9,12-13H,10-11H2,1H3/t13-/m1/s1. The molecule has 0 spiro atoms. The van der Waals surface area contributed by atoms with Gasteiger partial charge in [-0.15, -0.1) is 0 Å². The number of methoxy groups -OCH3 is 1. The third kappa shape index (κ3) is 2.71. The Kier molecular flexibility index (Phi) is 3.84. The van der Waals surface area contributed by atoms with Gasteiger partial charge in [0, 0.05) is 12.3 Å². The van der Waals surface area contributed by atoms with Gasteiger partial charge in [0.15, 0.2) is 5.78 Å². The number of carbonyl (C=O) groups is 1. The van der Waals surface area contributed by atoms with Gasteiger partial charge in [0.2, 0.25) is 0 Å². The molecular formula is C20H17FN2O2. The SMILES string of the molecule is COc1ccccc1[C@H]1CC(=O)c2cnn(-c3ccc(F)cc3)c2C1. The fraction of sp³-hybridized carbons (Fsp3) is 0.200. The molecule has 25 heavy (non-hydrogen) atoms. The minimum absolute atomic E-state index is 0.0343. The Balaban J connectivity index is 1.76. The first-order chi connectivity index (χ1) is 12.2. The quantitative estimate of drug-likeness (QED) is 0.728. The second-order valence-corrected chi connectivity index (χ2v) is 6.16. The summed E-state index contributed by atoms with van der Waals surface area (Å²) in [7, 11) is 1.64. The van der Waals surface area contributed by atoms with Gasteiger partial charge in [-0.1, -0.05) is 18.2 Å². The number of rotatable bonds is 3. The van der Waals surface area contributed by atoms with Crippen LogP contribution in [0.15, 0.2) is 54.7 Å². The number of benzene rings is 2. The van der Waals surface area contributed by atoms with Crippen molar-refractivity contribution in [1.82, 2.24) is 9.78 Å². The number of hydrogen-bond donors (Lipinski definition) is 0. The molecule has 1 aliphatic carbocycles. The molecule has 3 aromatic rings. The zero-order valence-electron chi connectivity index (χ0n) is 13.8. The van der Waals surface area contributed by atoms with E-state index in [1.54, 1.807) is 30.1 Å². The first kappa shape index (κ1) is 15.6. The molecule has 0 saturated heterocycles. The number of ether oxygens (including phenoxy) is 1. The third-order valence-corrected chi connectivity index (χ3v) is 4.69. The maximum atomic E-state index is 13.2. The molecule has 0 radical (unpaired) electrons. The first-order valence-corrected chi connectivity index (χ1v) is 8.16. The predicted octanol–water partition coefficient (Wildman–Crippen LogP) is 3.93. The van der Waals surface area contributed by atoms with Gasteiger partial charge in [-0.3, -0.25) is 4.79 Å². The molecule has 0 bridgehead atoms. The average molecular weight is 336 g/mol. The summed E-state index contributed by atoms with van der Waals surface area (Å²) in [5, 5.41) is 4.36. The molecule has 4 rings (SSSR count). The van der Waals surface area contributed by atoms with Crippen molar-refractivity contribution in [2.24, 2.45) is 0 Å². The van der Waals surface area contributed by atoms with Gasteiger partial charge in [0.1, 0.15) is 11.6 Å². The van der Waals surface area contributed by atoms with Gasteiger partial charge in [-0.05, 0) is 42.3 Å². The van der Waals surface area contributed by atoms with Crippen LogP contribution in [0.25, 0.3) is 5.69 Å². The zero-order valence-corrected chi connectivity index (χ0v) is 13.8. The molecular weight excluding hydrogens is 319 g/mol. The van der Waals surface area contributed by atoms with Gasteiger partial charge < -0.3 is 4.74 Å². The summed E-state index contributed by atoms with van der Waals surface area (Å²) < 4.78 is 20.4. The highest BCUT2D eigenvalue weighted by Gasteiger charge is 2.31. The number of carbonyl (C=O) groups excluding carboxylic acids is 1. The number of Topliss-reactive ketones (excluding diaryl/α,β-unsaturated/α-hetero) is 1. The third-order valence-electron chi connectivity index (χ3n) is 4.69. The molecule has 5 heteroatoms. The van der Waals surface area contributed by atoms with Crippen LogP contribution in [0, 0.1) is 5.82 Å². The summed E-state index contributed by atoms with van der Waals surface area (Å²) in [5.74, 6) is 0.599. The van der Waals surface area contributed by atoms with E-state index in [2.05, 4.69) is 5.10 Å². The van der Waals surface area contributed by atoms with Crippen molar-refractivity contribution >= 4 is 5.78 Å². The minimum atomic E-state index is -0.298. The molecule has 1 aliphatic rings. The number of hydrogen-bond acceptors (Lipinski definition) is 3. The summed E-state index contributed by atoms with van der Waals surface area (Å²) in [5.41, 5.74) is 3.28. The van der Waals surface area contributed by atoms with Crippen LogP contribution >= 0.6 is 0 Å². The Morgan fingerprint density at radius 1 is 1.12 bits per heavy atom. The van der Waals surface area contributed by atoms with E-state index in [1.807, 2.05) is 24.3 Å². The van der Waals surface area contributed by atoms with Gasteiger partial charge in [0.05, 0.1) is 30.3 Å². The van der Waals surface area contributed by atoms with E-state index in [1.165, 1.54) is 12.1 Å². The zero-order chi connectivity index (χ0) is 17.4. The van der Waals surface area contributed by atoms with Crippen LogP contribution < -0.4 is 4.74 Å². The van der Waals surface area contributed by atoms with Crippen LogP contribution in [-0.2, 0) is 6.42 Å². The summed E-state index contributed by atoms with van der Waals surface area (Å²) in [6.45, 7) is 0. The Morgan fingerprint density at radius 3 is 2.64 bits per heavy atom. The lowest BCUT2D eigenvalue weighted by atomic mass is 9.82. The molecule has 0 amide bonds. The van der Waals surface area contributed by atoms with Gasteiger partial charge in [-0.25, -0.2) is 9.07 Å². The molecule has 1 atom stereocenters. The summed E-state index contributed by atoms with van der Waals surface area (Å²) in [6.07, 6.45) is 2.72. The average Bonchev–Trinajstić information content (AvgIpc) is 3.07. The van der Waals surface area contributed by atoms with Crippen LogP contribution in [0.1, 0.15) is 34.0 Å². The lowest BCUT2D eigenvalue weighted by molar-refractivity contribution is 0.0963. The summed E-state index contributed by atoms with van der Waals surface area (Å²) >= 11 is 0. The van der Waals surface area contributed by atoms with Crippen molar-refractivity contribution in [1.29, 1.82) is 0 Å². The first-order valence-electron chi connectivity index (χ1n) is 8.16. The molecule has 1 heterocycles. The lowest BCUT2D eigenvalue weighted by Gasteiger charge is -2.24. The Bertz CT molecular complexity index is 931. The number of fused-ring (bicyclic) bond motifs is 1. The van der Waals surface area contributed by atoms with Gasteiger partial charge in [-0.2, -0.15) is 5.10 Å². The Labute approximate surface area is 144 Å². The van der Waals surface area contributed by atoms with Crippen molar-refractivity contribution in [3.63, 3.8) is 0 Å². The highest BCUT2D eigenvalue weighted by atomic mass is 19.1. The molecule has 0 N–H and O–H groups in total. The van der Waals surface area contributed by atoms with Crippen molar-refractivity contribution < 1.29 is 13.9 Å². The van der Waals surface area contributed by atoms with E-state index in [4.69, 9.17) is 4.74 Å². The predicted molar refractivity (Wildman–Crippen MR) is 91.9 cm³/mol. The number of para-hydroxylation sites is 1. The normalized spacial score (nSPS) is 16.6. The van der Waals surface area contributed by atoms with Crippen LogP contribution in [0.2, 0.25) is 0 Å². The summed E-state index contributed by atoms with van der Waals surface area (Å²) in [4.78, 5) is 12.6. The van der Waals surface area contributed by atoms with Crippen molar-refractivity contribution in [2.45, 2.75) is 18.8 Å². The van der Waals surface area contributed by atoms with E-state index in [-0.39, 0.29) is 17.5 Å². The highest BCUT2D eigenvalue weighted by Crippen LogP contribution is 2.37. The fourth-order valence-corrected chi connectivity index (χ4v) is 3.47. The Morgan fingerprint density at radius 2 is 1.88 bits per heavy atom. The smallest absolute Gasteiger partial charge is 0.166 e. The van der Waals surface area contributed by atoms with Crippen LogP contribution in [-0.4, -0.2) is 22.7 Å². The van der Waals surface area contributed by atoms with Crippen molar-refractivity contribution in [2.75, 3.05) is 7.11 Å². The maximum absolute atomic E-state index is 13.2. The van der Waals surface area contributed by atoms with Crippen molar-refractivity contribution in [3.05, 3.63) is 77.4 Å². The molecule has 0 unspecified atom stereocenters. The van der Waals surface area contributed by atoms with E-state index in [0.717, 1.165) is 22.7 Å². The minimum Gasteiger partial charge on any atom is -0.496 e. The second kappa shape index (κ2) is 6.16. The summed E-state index contributed by atoms with van der Waals surface area (Å²) in [6, 6.07) is 13.9. The molecule has 0 fully saturated rings. The van der Waals surface area contributed by atoms with E-state index in [0.29, 0.717) is 18.4 Å².